The van der Waals surface area contributed by atoms with Crippen molar-refractivity contribution in [3.05, 3.63) is 36.3 Å². The molecule has 0 radical (unpaired) electrons. The maximum Gasteiger partial charge on any atom is 0.309 e. The van der Waals surface area contributed by atoms with E-state index in [0.717, 1.165) is 0 Å². The number of hydrogen-bond donors (Lipinski definition) is 3. The molecule has 0 aliphatic heterocycles. The second kappa shape index (κ2) is 6.61. The fourth-order valence-corrected chi connectivity index (χ4v) is 1.25. The molecular weight excluding hydrogens is 236 g/mol. The number of amides is 2. The molecule has 1 atom stereocenters. The Morgan fingerprint density at radius 1 is 1.44 bits per heavy atom. The van der Waals surface area contributed by atoms with Gasteiger partial charge in [0, 0.05) is 6.54 Å². The summed E-state index contributed by atoms with van der Waals surface area (Å²) in [7, 11) is 0. The normalized spacial score (nSPS) is 11.7. The van der Waals surface area contributed by atoms with Crippen molar-refractivity contribution in [1.29, 1.82) is 0 Å². The third-order valence-electron chi connectivity index (χ3n) is 2.16. The number of hydrogen-bond acceptors (Lipinski definition) is 4. The smallest absolute Gasteiger partial charge is 0.309 e. The second-order valence-corrected chi connectivity index (χ2v) is 3.67. The molecule has 1 heterocycles. The van der Waals surface area contributed by atoms with E-state index in [1.165, 1.54) is 6.08 Å². The van der Waals surface area contributed by atoms with Crippen molar-refractivity contribution < 1.29 is 19.1 Å². The highest BCUT2D eigenvalue weighted by molar-refractivity contribution is 6.35. The fraction of sp³-hybridized carbons (Fsp3) is 0.333. The van der Waals surface area contributed by atoms with Gasteiger partial charge >= 0.3 is 11.8 Å². The van der Waals surface area contributed by atoms with Gasteiger partial charge in [-0.25, -0.2) is 0 Å². The van der Waals surface area contributed by atoms with Crippen molar-refractivity contribution >= 4 is 11.8 Å². The van der Waals surface area contributed by atoms with E-state index in [0.29, 0.717) is 11.5 Å². The second-order valence-electron chi connectivity index (χ2n) is 3.67. The Kier molecular flexibility index (Phi) is 5.13. The topological polar surface area (TPSA) is 91.6 Å². The lowest BCUT2D eigenvalue weighted by molar-refractivity contribution is -0.139. The maximum atomic E-state index is 11.3. The van der Waals surface area contributed by atoms with Crippen molar-refractivity contribution in [2.75, 3.05) is 13.1 Å². The Morgan fingerprint density at radius 3 is 2.67 bits per heavy atom. The largest absolute Gasteiger partial charge is 0.464 e. The van der Waals surface area contributed by atoms with E-state index in [-0.39, 0.29) is 13.1 Å². The lowest BCUT2D eigenvalue weighted by Crippen LogP contribution is -2.41. The zero-order valence-corrected chi connectivity index (χ0v) is 10.1. The molecule has 6 heteroatoms. The molecule has 3 N–H and O–H groups in total. The summed E-state index contributed by atoms with van der Waals surface area (Å²) in [6.45, 7) is 5.28. The van der Waals surface area contributed by atoms with Gasteiger partial charge in [-0.05, 0) is 19.1 Å². The van der Waals surface area contributed by atoms with Crippen LogP contribution in [-0.2, 0) is 9.59 Å². The summed E-state index contributed by atoms with van der Waals surface area (Å²) in [4.78, 5) is 22.5. The average Bonchev–Trinajstić information content (AvgIpc) is 2.79. The number of aliphatic hydroxyl groups excluding tert-OH is 1. The van der Waals surface area contributed by atoms with Crippen molar-refractivity contribution in [3.8, 4) is 0 Å². The first-order chi connectivity index (χ1) is 8.54. The van der Waals surface area contributed by atoms with Gasteiger partial charge in [-0.3, -0.25) is 9.59 Å². The summed E-state index contributed by atoms with van der Waals surface area (Å²) in [5, 5.41) is 14.3. The van der Waals surface area contributed by atoms with Gasteiger partial charge in [-0.15, -0.1) is 6.58 Å². The van der Waals surface area contributed by atoms with Gasteiger partial charge in [0.15, 0.2) is 0 Å². The molecule has 1 unspecified atom stereocenters. The summed E-state index contributed by atoms with van der Waals surface area (Å²) in [6, 6.07) is 3.32. The highest BCUT2D eigenvalue weighted by Gasteiger charge is 2.16. The summed E-state index contributed by atoms with van der Waals surface area (Å²) < 4.78 is 5.19. The molecule has 0 spiro atoms. The number of nitrogens with one attached hydrogen (secondary N) is 2. The van der Waals surface area contributed by atoms with Crippen molar-refractivity contribution in [2.24, 2.45) is 0 Å². The van der Waals surface area contributed by atoms with Crippen LogP contribution in [0.3, 0.4) is 0 Å². The molecule has 0 fully saturated rings. The standard InChI is InChI=1S/C12H16N2O4/c1-3-6-13-11(16)12(17)14-7-9(15)10-5-4-8(2)18-10/h3-5,9,15H,1,6-7H2,2H3,(H,13,16)(H,14,17). The molecular formula is C12H16N2O4. The van der Waals surface area contributed by atoms with Gasteiger partial charge in [-0.2, -0.15) is 0 Å². The van der Waals surface area contributed by atoms with E-state index < -0.39 is 17.9 Å². The number of carbonyl (C=O) groups is 2. The van der Waals surface area contributed by atoms with Crippen LogP contribution in [0, 0.1) is 6.92 Å². The predicted molar refractivity (Wildman–Crippen MR) is 64.6 cm³/mol. The van der Waals surface area contributed by atoms with Crippen molar-refractivity contribution in [2.45, 2.75) is 13.0 Å². The van der Waals surface area contributed by atoms with Crippen LogP contribution in [0.1, 0.15) is 17.6 Å². The first kappa shape index (κ1) is 14.0. The Labute approximate surface area is 105 Å². The van der Waals surface area contributed by atoms with E-state index >= 15 is 0 Å². The molecule has 98 valence electrons. The minimum atomic E-state index is -0.977. The molecule has 0 aliphatic carbocycles. The van der Waals surface area contributed by atoms with Gasteiger partial charge < -0.3 is 20.2 Å². The van der Waals surface area contributed by atoms with Gasteiger partial charge in [0.2, 0.25) is 0 Å². The summed E-state index contributed by atoms with van der Waals surface area (Å²) in [6.07, 6.45) is 0.487. The zero-order valence-electron chi connectivity index (χ0n) is 10.1. The van der Waals surface area contributed by atoms with E-state index in [1.54, 1.807) is 19.1 Å². The van der Waals surface area contributed by atoms with Gasteiger partial charge in [0.05, 0.1) is 6.54 Å². The van der Waals surface area contributed by atoms with Gasteiger partial charge in [0.1, 0.15) is 17.6 Å². The average molecular weight is 252 g/mol. The highest BCUT2D eigenvalue weighted by Crippen LogP contribution is 2.14. The van der Waals surface area contributed by atoms with Crippen LogP contribution >= 0.6 is 0 Å². The summed E-state index contributed by atoms with van der Waals surface area (Å²) in [5.74, 6) is -0.560. The third-order valence-corrected chi connectivity index (χ3v) is 2.16. The van der Waals surface area contributed by atoms with Crippen LogP contribution in [0.15, 0.2) is 29.2 Å². The lowest BCUT2D eigenvalue weighted by Gasteiger charge is -2.09. The van der Waals surface area contributed by atoms with Crippen molar-refractivity contribution in [3.63, 3.8) is 0 Å². The molecule has 1 aromatic rings. The molecule has 0 aromatic carbocycles. The zero-order chi connectivity index (χ0) is 13.5. The maximum absolute atomic E-state index is 11.3. The highest BCUT2D eigenvalue weighted by atomic mass is 16.4. The van der Waals surface area contributed by atoms with E-state index in [9.17, 15) is 14.7 Å². The predicted octanol–water partition coefficient (Wildman–Crippen LogP) is 0.0398. The van der Waals surface area contributed by atoms with Gasteiger partial charge in [-0.1, -0.05) is 6.08 Å². The summed E-state index contributed by atoms with van der Waals surface area (Å²) in [5.41, 5.74) is 0. The fourth-order valence-electron chi connectivity index (χ4n) is 1.25. The minimum absolute atomic E-state index is 0.0900. The van der Waals surface area contributed by atoms with Crippen LogP contribution in [0.5, 0.6) is 0 Å². The molecule has 6 nitrogen and oxygen atoms in total. The third kappa shape index (κ3) is 4.06. The van der Waals surface area contributed by atoms with Crippen LogP contribution in [0.25, 0.3) is 0 Å². The number of aliphatic hydroxyl groups is 1. The Morgan fingerprint density at radius 2 is 2.11 bits per heavy atom. The number of rotatable bonds is 5. The number of aryl methyl sites for hydroxylation is 1. The lowest BCUT2D eigenvalue weighted by atomic mass is 10.2. The molecule has 1 aromatic heterocycles. The summed E-state index contributed by atoms with van der Waals surface area (Å²) >= 11 is 0. The van der Waals surface area contributed by atoms with Crippen LogP contribution < -0.4 is 10.6 Å². The minimum Gasteiger partial charge on any atom is -0.464 e. The first-order valence-corrected chi connectivity index (χ1v) is 5.46. The molecule has 18 heavy (non-hydrogen) atoms. The van der Waals surface area contributed by atoms with Crippen LogP contribution in [-0.4, -0.2) is 30.0 Å². The molecule has 0 bridgehead atoms. The number of carbonyl (C=O) groups excluding carboxylic acids is 2. The molecule has 0 aliphatic rings. The molecule has 2 amide bonds. The SMILES string of the molecule is C=CCNC(=O)C(=O)NCC(O)c1ccc(C)o1. The monoisotopic (exact) mass is 252 g/mol. The Bertz CT molecular complexity index is 439. The Hall–Kier alpha value is -2.08. The van der Waals surface area contributed by atoms with Gasteiger partial charge in [0.25, 0.3) is 0 Å². The number of furan rings is 1. The van der Waals surface area contributed by atoms with Crippen LogP contribution in [0.2, 0.25) is 0 Å². The molecule has 0 saturated heterocycles. The van der Waals surface area contributed by atoms with E-state index in [2.05, 4.69) is 17.2 Å². The first-order valence-electron chi connectivity index (χ1n) is 5.46. The van der Waals surface area contributed by atoms with E-state index in [4.69, 9.17) is 4.42 Å². The van der Waals surface area contributed by atoms with Crippen LogP contribution in [0.4, 0.5) is 0 Å². The van der Waals surface area contributed by atoms with Crippen molar-refractivity contribution in [1.82, 2.24) is 10.6 Å². The molecule has 0 saturated carbocycles. The quantitative estimate of drug-likeness (QED) is 0.509. The van der Waals surface area contributed by atoms with E-state index in [1.807, 2.05) is 0 Å². The Balaban J connectivity index is 2.38. The molecule has 1 rings (SSSR count).